The number of benzene rings is 2. The van der Waals surface area contributed by atoms with Crippen molar-refractivity contribution in [2.75, 3.05) is 14.2 Å². The lowest BCUT2D eigenvalue weighted by Crippen LogP contribution is -2.35. The number of rotatable bonds is 9. The molecule has 0 aliphatic rings. The number of methoxy groups -OCH3 is 2. The molecule has 1 amide bonds. The van der Waals surface area contributed by atoms with Crippen molar-refractivity contribution in [2.24, 2.45) is 0 Å². The second kappa shape index (κ2) is 10.3. The Morgan fingerprint density at radius 3 is 2.29 bits per heavy atom. The Morgan fingerprint density at radius 1 is 0.964 bits per heavy atom. The van der Waals surface area contributed by atoms with Gasteiger partial charge in [0.2, 0.25) is 0 Å². The normalized spacial score (nSPS) is 12.6. The average Bonchev–Trinajstić information content (AvgIpc) is 2.72. The van der Waals surface area contributed by atoms with Gasteiger partial charge in [0.25, 0.3) is 5.91 Å². The van der Waals surface area contributed by atoms with Gasteiger partial charge in [-0.1, -0.05) is 43.3 Å². The van der Waals surface area contributed by atoms with E-state index in [1.165, 1.54) is 0 Å². The molecular formula is C22H27NO5. The summed E-state index contributed by atoms with van der Waals surface area (Å²) in [4.78, 5) is 24.4. The highest BCUT2D eigenvalue weighted by Gasteiger charge is 2.20. The molecule has 0 radical (unpaired) electrons. The molecule has 0 saturated heterocycles. The molecule has 2 atom stereocenters. The maximum absolute atomic E-state index is 12.2. The van der Waals surface area contributed by atoms with Gasteiger partial charge in [0.1, 0.15) is 0 Å². The van der Waals surface area contributed by atoms with Crippen LogP contribution in [0.5, 0.6) is 11.5 Å². The van der Waals surface area contributed by atoms with Crippen molar-refractivity contribution >= 4 is 11.9 Å². The molecule has 2 aromatic carbocycles. The van der Waals surface area contributed by atoms with Crippen molar-refractivity contribution < 1.29 is 23.8 Å². The highest BCUT2D eigenvalue weighted by atomic mass is 16.5. The molecular weight excluding hydrogens is 358 g/mol. The smallest absolute Gasteiger partial charge is 0.307 e. The van der Waals surface area contributed by atoms with Gasteiger partial charge in [-0.2, -0.15) is 0 Å². The molecule has 150 valence electrons. The molecule has 0 heterocycles. The monoisotopic (exact) mass is 385 g/mol. The fourth-order valence-corrected chi connectivity index (χ4v) is 2.77. The zero-order valence-corrected chi connectivity index (χ0v) is 16.7. The molecule has 0 spiro atoms. The third-order valence-electron chi connectivity index (χ3n) is 4.43. The Bertz CT molecular complexity index is 791. The van der Waals surface area contributed by atoms with Crippen LogP contribution < -0.4 is 14.8 Å². The second-order valence-corrected chi connectivity index (χ2v) is 6.56. The molecule has 0 aliphatic carbocycles. The van der Waals surface area contributed by atoms with Crippen molar-refractivity contribution in [1.82, 2.24) is 5.32 Å². The summed E-state index contributed by atoms with van der Waals surface area (Å²) in [5, 5.41) is 2.77. The Labute approximate surface area is 165 Å². The van der Waals surface area contributed by atoms with Gasteiger partial charge in [-0.15, -0.1) is 0 Å². The van der Waals surface area contributed by atoms with E-state index in [9.17, 15) is 9.59 Å². The molecule has 6 heteroatoms. The summed E-state index contributed by atoms with van der Waals surface area (Å²) in [7, 11) is 3.12. The first kappa shape index (κ1) is 21.3. The molecule has 0 bridgehead atoms. The highest BCUT2D eigenvalue weighted by molar-refractivity contribution is 5.83. The van der Waals surface area contributed by atoms with Crippen LogP contribution in [0.3, 0.4) is 0 Å². The van der Waals surface area contributed by atoms with Crippen LogP contribution in [0.1, 0.15) is 37.3 Å². The molecule has 1 N–H and O–H groups in total. The maximum Gasteiger partial charge on any atom is 0.307 e. The van der Waals surface area contributed by atoms with Crippen molar-refractivity contribution in [3.05, 3.63) is 59.7 Å². The number of esters is 1. The van der Waals surface area contributed by atoms with Crippen LogP contribution in [0.15, 0.2) is 48.5 Å². The molecule has 2 aromatic rings. The van der Waals surface area contributed by atoms with E-state index in [1.54, 1.807) is 33.3 Å². The SMILES string of the molecule is COc1ccc(CNC(=O)[C@H](C)OC(=O)C[C@@H](C)c2ccccc2)cc1OC. The molecule has 28 heavy (non-hydrogen) atoms. The number of hydrogen-bond donors (Lipinski definition) is 1. The van der Waals surface area contributed by atoms with Crippen molar-refractivity contribution in [3.63, 3.8) is 0 Å². The van der Waals surface area contributed by atoms with Gasteiger partial charge in [-0.05, 0) is 36.1 Å². The Morgan fingerprint density at radius 2 is 1.64 bits per heavy atom. The van der Waals surface area contributed by atoms with E-state index in [1.807, 2.05) is 43.3 Å². The van der Waals surface area contributed by atoms with Gasteiger partial charge in [0.05, 0.1) is 20.6 Å². The minimum Gasteiger partial charge on any atom is -0.493 e. The molecule has 0 fully saturated rings. The first-order valence-electron chi connectivity index (χ1n) is 9.17. The van der Waals surface area contributed by atoms with Crippen molar-refractivity contribution in [1.29, 1.82) is 0 Å². The quantitative estimate of drug-likeness (QED) is 0.670. The third kappa shape index (κ3) is 6.01. The summed E-state index contributed by atoms with van der Waals surface area (Å²) >= 11 is 0. The topological polar surface area (TPSA) is 73.9 Å². The van der Waals surface area contributed by atoms with Crippen LogP contribution in [0, 0.1) is 0 Å². The van der Waals surface area contributed by atoms with Crippen LogP contribution in [0.4, 0.5) is 0 Å². The number of carbonyl (C=O) groups excluding carboxylic acids is 2. The van der Waals surface area contributed by atoms with Crippen LogP contribution >= 0.6 is 0 Å². The van der Waals surface area contributed by atoms with Gasteiger partial charge >= 0.3 is 5.97 Å². The molecule has 6 nitrogen and oxygen atoms in total. The van der Waals surface area contributed by atoms with E-state index in [0.717, 1.165) is 11.1 Å². The Balaban J connectivity index is 1.83. The van der Waals surface area contributed by atoms with E-state index >= 15 is 0 Å². The maximum atomic E-state index is 12.2. The summed E-state index contributed by atoms with van der Waals surface area (Å²) in [5.74, 6) is 0.479. The third-order valence-corrected chi connectivity index (χ3v) is 4.43. The minimum absolute atomic E-state index is 0.0238. The van der Waals surface area contributed by atoms with E-state index in [0.29, 0.717) is 18.0 Å². The highest BCUT2D eigenvalue weighted by Crippen LogP contribution is 2.27. The lowest BCUT2D eigenvalue weighted by Gasteiger charge is -2.16. The van der Waals surface area contributed by atoms with Crippen LogP contribution in [-0.4, -0.2) is 32.2 Å². The van der Waals surface area contributed by atoms with Crippen LogP contribution in [0.25, 0.3) is 0 Å². The molecule has 0 saturated carbocycles. The van der Waals surface area contributed by atoms with Crippen LogP contribution in [0.2, 0.25) is 0 Å². The van der Waals surface area contributed by atoms with Gasteiger partial charge in [-0.25, -0.2) is 0 Å². The van der Waals surface area contributed by atoms with Crippen molar-refractivity contribution in [2.45, 2.75) is 38.8 Å². The molecule has 2 rings (SSSR count). The zero-order chi connectivity index (χ0) is 20.5. The lowest BCUT2D eigenvalue weighted by molar-refractivity contribution is -0.155. The standard InChI is InChI=1S/C22H27NO5/c1-15(18-8-6-5-7-9-18)12-21(24)28-16(2)22(25)23-14-17-10-11-19(26-3)20(13-17)27-4/h5-11,13,15-16H,12,14H2,1-4H3,(H,23,25)/t15-,16+/m1/s1. The van der Waals surface area contributed by atoms with Gasteiger partial charge in [0.15, 0.2) is 17.6 Å². The van der Waals surface area contributed by atoms with E-state index < -0.39 is 12.1 Å². The number of amides is 1. The molecule has 0 aliphatic heterocycles. The molecule has 0 aromatic heterocycles. The Kier molecular flexibility index (Phi) is 7.87. The van der Waals surface area contributed by atoms with E-state index in [2.05, 4.69) is 5.32 Å². The van der Waals surface area contributed by atoms with E-state index in [4.69, 9.17) is 14.2 Å². The number of hydrogen-bond acceptors (Lipinski definition) is 5. The van der Waals surface area contributed by atoms with Crippen molar-refractivity contribution in [3.8, 4) is 11.5 Å². The average molecular weight is 385 g/mol. The minimum atomic E-state index is -0.865. The number of nitrogens with one attached hydrogen (secondary N) is 1. The predicted molar refractivity (Wildman–Crippen MR) is 106 cm³/mol. The summed E-state index contributed by atoms with van der Waals surface area (Å²) in [6.45, 7) is 3.81. The first-order chi connectivity index (χ1) is 13.4. The molecule has 0 unspecified atom stereocenters. The summed E-state index contributed by atoms with van der Waals surface area (Å²) in [5.41, 5.74) is 1.91. The predicted octanol–water partition coefficient (Wildman–Crippen LogP) is 3.45. The lowest BCUT2D eigenvalue weighted by atomic mass is 9.98. The fourth-order valence-electron chi connectivity index (χ4n) is 2.77. The zero-order valence-electron chi connectivity index (χ0n) is 16.7. The largest absolute Gasteiger partial charge is 0.493 e. The summed E-state index contributed by atoms with van der Waals surface area (Å²) < 4.78 is 15.7. The van der Waals surface area contributed by atoms with Gasteiger partial charge < -0.3 is 19.5 Å². The fraction of sp³-hybridized carbons (Fsp3) is 0.364. The number of ether oxygens (including phenoxy) is 3. The number of carbonyl (C=O) groups is 2. The van der Waals surface area contributed by atoms with Gasteiger partial charge in [0, 0.05) is 6.54 Å². The second-order valence-electron chi connectivity index (χ2n) is 6.56. The van der Waals surface area contributed by atoms with Crippen LogP contribution in [-0.2, 0) is 20.9 Å². The van der Waals surface area contributed by atoms with Gasteiger partial charge in [-0.3, -0.25) is 9.59 Å². The summed E-state index contributed by atoms with van der Waals surface area (Å²) in [6.07, 6.45) is -0.646. The Hall–Kier alpha value is -3.02. The summed E-state index contributed by atoms with van der Waals surface area (Å²) in [6, 6.07) is 15.1. The first-order valence-corrected chi connectivity index (χ1v) is 9.17. The van der Waals surface area contributed by atoms with E-state index in [-0.39, 0.29) is 18.2 Å².